The van der Waals surface area contributed by atoms with E-state index >= 15 is 0 Å². The van der Waals surface area contributed by atoms with Gasteiger partial charge in [0.1, 0.15) is 22.8 Å². The van der Waals surface area contributed by atoms with Crippen LogP contribution in [0.25, 0.3) is 11.3 Å². The molecule has 18 heavy (non-hydrogen) atoms. The molecule has 0 atom stereocenters. The van der Waals surface area contributed by atoms with E-state index in [2.05, 4.69) is 5.10 Å². The van der Waals surface area contributed by atoms with Crippen molar-refractivity contribution < 1.29 is 19.0 Å². The number of aryl methyl sites for hydroxylation is 1. The molecule has 94 valence electrons. The number of aromatic nitrogens is 2. The van der Waals surface area contributed by atoms with Gasteiger partial charge in [-0.1, -0.05) is 6.07 Å². The maximum absolute atomic E-state index is 13.9. The Kier molecular flexibility index (Phi) is 3.01. The van der Waals surface area contributed by atoms with Crippen molar-refractivity contribution in [2.24, 2.45) is 7.05 Å². The molecular weight excluding hydrogens is 239 g/mol. The maximum Gasteiger partial charge on any atom is 0.339 e. The highest BCUT2D eigenvalue weighted by Crippen LogP contribution is 2.33. The lowest BCUT2D eigenvalue weighted by Crippen LogP contribution is -1.99. The second kappa shape index (κ2) is 4.48. The molecule has 1 aromatic carbocycles. The number of carbonyl (C=O) groups is 1. The number of ether oxygens (including phenoxy) is 1. The largest absolute Gasteiger partial charge is 0.496 e. The Bertz CT molecular complexity index is 607. The van der Waals surface area contributed by atoms with Crippen molar-refractivity contribution in [2.75, 3.05) is 7.11 Å². The van der Waals surface area contributed by atoms with E-state index in [1.165, 1.54) is 30.1 Å². The summed E-state index contributed by atoms with van der Waals surface area (Å²) in [5, 5.41) is 13.1. The number of benzene rings is 1. The molecule has 5 nitrogen and oxygen atoms in total. The number of methoxy groups -OCH3 is 1. The van der Waals surface area contributed by atoms with Crippen molar-refractivity contribution in [3.05, 3.63) is 35.8 Å². The SMILES string of the molecule is COc1cccc(F)c1-c1nn(C)cc1C(=O)O. The smallest absolute Gasteiger partial charge is 0.339 e. The average molecular weight is 250 g/mol. The summed E-state index contributed by atoms with van der Waals surface area (Å²) in [6.07, 6.45) is 1.32. The number of hydrogen-bond acceptors (Lipinski definition) is 3. The lowest BCUT2D eigenvalue weighted by atomic mass is 10.1. The monoisotopic (exact) mass is 250 g/mol. The fraction of sp³-hybridized carbons (Fsp3) is 0.167. The van der Waals surface area contributed by atoms with Gasteiger partial charge in [0.15, 0.2) is 0 Å². The van der Waals surface area contributed by atoms with Gasteiger partial charge in [-0.25, -0.2) is 9.18 Å². The number of nitrogens with zero attached hydrogens (tertiary/aromatic N) is 2. The molecule has 0 aliphatic heterocycles. The van der Waals surface area contributed by atoms with E-state index in [-0.39, 0.29) is 22.6 Å². The zero-order chi connectivity index (χ0) is 13.3. The Hall–Kier alpha value is -2.37. The molecule has 1 N–H and O–H groups in total. The molecule has 1 heterocycles. The van der Waals surface area contributed by atoms with Crippen LogP contribution in [0.5, 0.6) is 5.75 Å². The summed E-state index contributed by atoms with van der Waals surface area (Å²) in [6.45, 7) is 0. The number of aromatic carboxylic acids is 1. The van der Waals surface area contributed by atoms with Gasteiger partial charge in [-0.2, -0.15) is 5.10 Å². The molecule has 2 rings (SSSR count). The van der Waals surface area contributed by atoms with Crippen LogP contribution in [-0.2, 0) is 7.05 Å². The Balaban J connectivity index is 2.72. The molecule has 0 saturated carbocycles. The van der Waals surface area contributed by atoms with Crippen LogP contribution in [0.1, 0.15) is 10.4 Å². The number of hydrogen-bond donors (Lipinski definition) is 1. The first-order chi connectivity index (χ1) is 8.54. The van der Waals surface area contributed by atoms with Gasteiger partial charge in [-0.05, 0) is 12.1 Å². The number of carboxylic acid groups (broad SMARTS) is 1. The van der Waals surface area contributed by atoms with Crippen molar-refractivity contribution in [3.63, 3.8) is 0 Å². The molecule has 0 unspecified atom stereocenters. The first-order valence-corrected chi connectivity index (χ1v) is 5.14. The lowest BCUT2D eigenvalue weighted by Gasteiger charge is -2.07. The minimum Gasteiger partial charge on any atom is -0.496 e. The van der Waals surface area contributed by atoms with Crippen molar-refractivity contribution in [2.45, 2.75) is 0 Å². The highest BCUT2D eigenvalue weighted by atomic mass is 19.1. The van der Waals surface area contributed by atoms with E-state index in [1.807, 2.05) is 0 Å². The third kappa shape index (κ3) is 1.92. The second-order valence-corrected chi connectivity index (χ2v) is 3.69. The number of rotatable bonds is 3. The molecule has 0 fully saturated rings. The zero-order valence-corrected chi connectivity index (χ0v) is 9.85. The minimum absolute atomic E-state index is 0.0537. The lowest BCUT2D eigenvalue weighted by molar-refractivity contribution is 0.0697. The van der Waals surface area contributed by atoms with Gasteiger partial charge in [-0.3, -0.25) is 4.68 Å². The molecule has 0 bridgehead atoms. The molecule has 1 aromatic heterocycles. The summed E-state index contributed by atoms with van der Waals surface area (Å²) in [6, 6.07) is 4.28. The van der Waals surface area contributed by atoms with Crippen LogP contribution < -0.4 is 4.74 Å². The van der Waals surface area contributed by atoms with E-state index in [0.717, 1.165) is 0 Å². The molecule has 0 aliphatic rings. The Morgan fingerprint density at radius 2 is 2.22 bits per heavy atom. The predicted octanol–water partition coefficient (Wildman–Crippen LogP) is 1.93. The van der Waals surface area contributed by atoms with Gasteiger partial charge < -0.3 is 9.84 Å². The van der Waals surface area contributed by atoms with Crippen LogP contribution in [0, 0.1) is 5.82 Å². The first kappa shape index (κ1) is 12.1. The third-order valence-electron chi connectivity index (χ3n) is 2.49. The third-order valence-corrected chi connectivity index (χ3v) is 2.49. The summed E-state index contributed by atoms with van der Waals surface area (Å²) in [5.74, 6) is -1.49. The van der Waals surface area contributed by atoms with E-state index in [4.69, 9.17) is 9.84 Å². The number of halogens is 1. The normalized spacial score (nSPS) is 10.4. The van der Waals surface area contributed by atoms with Gasteiger partial charge in [0, 0.05) is 13.2 Å². The fourth-order valence-electron chi connectivity index (χ4n) is 1.73. The second-order valence-electron chi connectivity index (χ2n) is 3.69. The van der Waals surface area contributed by atoms with Crippen molar-refractivity contribution >= 4 is 5.97 Å². The Labute approximate surface area is 102 Å². The fourth-order valence-corrected chi connectivity index (χ4v) is 1.73. The standard InChI is InChI=1S/C12H11FN2O3/c1-15-6-7(12(16)17)11(14-15)10-8(13)4-3-5-9(10)18-2/h3-6H,1-2H3,(H,16,17). The van der Waals surface area contributed by atoms with Crippen LogP contribution in [0.4, 0.5) is 4.39 Å². The predicted molar refractivity (Wildman–Crippen MR) is 62.1 cm³/mol. The molecule has 0 aliphatic carbocycles. The topological polar surface area (TPSA) is 64.4 Å². The maximum atomic E-state index is 13.9. The summed E-state index contributed by atoms with van der Waals surface area (Å²) in [4.78, 5) is 11.1. The highest BCUT2D eigenvalue weighted by Gasteiger charge is 2.22. The van der Waals surface area contributed by atoms with Gasteiger partial charge in [0.25, 0.3) is 0 Å². The molecule has 0 amide bonds. The van der Waals surface area contributed by atoms with E-state index < -0.39 is 11.8 Å². The van der Waals surface area contributed by atoms with Crippen LogP contribution >= 0.6 is 0 Å². The van der Waals surface area contributed by atoms with Crippen LogP contribution in [0.15, 0.2) is 24.4 Å². The molecule has 0 radical (unpaired) electrons. The molecule has 0 spiro atoms. The quantitative estimate of drug-likeness (QED) is 0.904. The molecule has 2 aromatic rings. The van der Waals surface area contributed by atoms with E-state index in [9.17, 15) is 9.18 Å². The first-order valence-electron chi connectivity index (χ1n) is 5.14. The summed E-state index contributed by atoms with van der Waals surface area (Å²) in [5.41, 5.74) is 0.0406. The number of carboxylic acids is 1. The van der Waals surface area contributed by atoms with Gasteiger partial charge in [0.2, 0.25) is 0 Å². The van der Waals surface area contributed by atoms with Crippen LogP contribution in [0.2, 0.25) is 0 Å². The average Bonchev–Trinajstić information content (AvgIpc) is 2.70. The van der Waals surface area contributed by atoms with Gasteiger partial charge in [0.05, 0.1) is 12.7 Å². The summed E-state index contributed by atoms with van der Waals surface area (Å²) in [7, 11) is 2.96. The summed E-state index contributed by atoms with van der Waals surface area (Å²) >= 11 is 0. The van der Waals surface area contributed by atoms with Gasteiger partial charge >= 0.3 is 5.97 Å². The summed E-state index contributed by atoms with van der Waals surface area (Å²) < 4.78 is 20.2. The van der Waals surface area contributed by atoms with Crippen LogP contribution in [-0.4, -0.2) is 28.0 Å². The van der Waals surface area contributed by atoms with Crippen molar-refractivity contribution in [1.29, 1.82) is 0 Å². The molecule has 0 saturated heterocycles. The van der Waals surface area contributed by atoms with Crippen molar-refractivity contribution in [1.82, 2.24) is 9.78 Å². The molecule has 6 heteroatoms. The van der Waals surface area contributed by atoms with Crippen molar-refractivity contribution in [3.8, 4) is 17.0 Å². The van der Waals surface area contributed by atoms with Gasteiger partial charge in [-0.15, -0.1) is 0 Å². The highest BCUT2D eigenvalue weighted by molar-refractivity contribution is 5.95. The molecular formula is C12H11FN2O3. The Morgan fingerprint density at radius 3 is 2.83 bits per heavy atom. The van der Waals surface area contributed by atoms with E-state index in [0.29, 0.717) is 0 Å². The Morgan fingerprint density at radius 1 is 1.50 bits per heavy atom. The van der Waals surface area contributed by atoms with E-state index in [1.54, 1.807) is 13.1 Å². The zero-order valence-electron chi connectivity index (χ0n) is 9.85. The van der Waals surface area contributed by atoms with Crippen LogP contribution in [0.3, 0.4) is 0 Å². The minimum atomic E-state index is -1.16.